The van der Waals surface area contributed by atoms with E-state index in [1.165, 1.54) is 4.90 Å². The first-order valence-electron chi connectivity index (χ1n) is 10.8. The van der Waals surface area contributed by atoms with Gasteiger partial charge in [0.05, 0.1) is 11.9 Å². The fourth-order valence-corrected chi connectivity index (χ4v) is 4.47. The Balaban J connectivity index is 2.44. The maximum absolute atomic E-state index is 13.6. The maximum atomic E-state index is 13.6. The van der Waals surface area contributed by atoms with Gasteiger partial charge in [0.15, 0.2) is 0 Å². The molecule has 0 bridgehead atoms. The van der Waals surface area contributed by atoms with Crippen molar-refractivity contribution in [3.8, 4) is 0 Å². The number of anilines is 1. The second kappa shape index (κ2) is 11.5. The molecule has 0 heterocycles. The first-order chi connectivity index (χ1) is 15.4. The number of sulfonamides is 1. The third kappa shape index (κ3) is 7.47. The van der Waals surface area contributed by atoms with Gasteiger partial charge in [-0.05, 0) is 62.6 Å². The zero-order valence-corrected chi connectivity index (χ0v) is 21.3. The van der Waals surface area contributed by atoms with Crippen LogP contribution in [0.15, 0.2) is 48.5 Å². The lowest BCUT2D eigenvalue weighted by Crippen LogP contribution is -2.53. The lowest BCUT2D eigenvalue weighted by molar-refractivity contribution is -0.140. The van der Waals surface area contributed by atoms with Gasteiger partial charge in [-0.15, -0.1) is 0 Å². The van der Waals surface area contributed by atoms with Gasteiger partial charge in [0, 0.05) is 17.6 Å². The van der Waals surface area contributed by atoms with Crippen molar-refractivity contribution in [3.63, 3.8) is 0 Å². The molecule has 0 aliphatic carbocycles. The molecule has 2 aromatic rings. The largest absolute Gasteiger partial charge is 0.352 e. The van der Waals surface area contributed by atoms with Gasteiger partial charge in [-0.1, -0.05) is 42.8 Å². The topological polar surface area (TPSA) is 86.8 Å². The standard InChI is InChI=1S/C24H32ClN3O4S/c1-6-22(24(30)26-17(2)3)27(15-19-10-8-7-9-18(19)4)23(29)16-28(33(5,31)32)21-13-11-20(25)12-14-21/h7-14,17,22H,6,15-16H2,1-5H3,(H,26,30)/t22-/m0/s1. The number of halogens is 1. The number of nitrogens with one attached hydrogen (secondary N) is 1. The summed E-state index contributed by atoms with van der Waals surface area (Å²) >= 11 is 5.94. The van der Waals surface area contributed by atoms with Gasteiger partial charge < -0.3 is 10.2 Å². The highest BCUT2D eigenvalue weighted by Crippen LogP contribution is 2.22. The number of benzene rings is 2. The van der Waals surface area contributed by atoms with Gasteiger partial charge >= 0.3 is 0 Å². The molecule has 0 spiro atoms. The molecule has 2 rings (SSSR count). The summed E-state index contributed by atoms with van der Waals surface area (Å²) in [6, 6.07) is 13.0. The number of carbonyl (C=O) groups is 2. The lowest BCUT2D eigenvalue weighted by atomic mass is 10.1. The van der Waals surface area contributed by atoms with Crippen molar-refractivity contribution in [2.45, 2.75) is 52.7 Å². The number of aryl methyl sites for hydroxylation is 1. The van der Waals surface area contributed by atoms with Gasteiger partial charge in [-0.3, -0.25) is 13.9 Å². The lowest BCUT2D eigenvalue weighted by Gasteiger charge is -2.33. The average Bonchev–Trinajstić information content (AvgIpc) is 2.72. The monoisotopic (exact) mass is 493 g/mol. The van der Waals surface area contributed by atoms with Gasteiger partial charge in [-0.25, -0.2) is 8.42 Å². The van der Waals surface area contributed by atoms with Gasteiger partial charge in [0.25, 0.3) is 0 Å². The third-order valence-corrected chi connectivity index (χ3v) is 6.61. The zero-order valence-electron chi connectivity index (χ0n) is 19.7. The minimum absolute atomic E-state index is 0.0939. The Bertz CT molecular complexity index is 1070. The van der Waals surface area contributed by atoms with Crippen LogP contribution in [0.4, 0.5) is 5.69 Å². The number of nitrogens with zero attached hydrogens (tertiary/aromatic N) is 2. The molecule has 0 aromatic heterocycles. The van der Waals surface area contributed by atoms with Crippen molar-refractivity contribution in [1.82, 2.24) is 10.2 Å². The van der Waals surface area contributed by atoms with E-state index in [0.717, 1.165) is 21.7 Å². The molecule has 7 nitrogen and oxygen atoms in total. The van der Waals surface area contributed by atoms with Crippen LogP contribution in [0.1, 0.15) is 38.3 Å². The van der Waals surface area contributed by atoms with E-state index in [1.807, 2.05) is 52.0 Å². The van der Waals surface area contributed by atoms with Crippen molar-refractivity contribution in [3.05, 3.63) is 64.7 Å². The Morgan fingerprint density at radius 2 is 1.67 bits per heavy atom. The van der Waals surface area contributed by atoms with Gasteiger partial charge in [0.2, 0.25) is 21.8 Å². The quantitative estimate of drug-likeness (QED) is 0.546. The Morgan fingerprint density at radius 1 is 1.06 bits per heavy atom. The van der Waals surface area contributed by atoms with Gasteiger partial charge in [-0.2, -0.15) is 0 Å². The maximum Gasteiger partial charge on any atom is 0.244 e. The second-order valence-corrected chi connectivity index (χ2v) is 10.6. The Kier molecular flexibility index (Phi) is 9.31. The number of hydrogen-bond acceptors (Lipinski definition) is 4. The Labute approximate surface area is 201 Å². The fourth-order valence-electron chi connectivity index (χ4n) is 3.49. The molecular formula is C24H32ClN3O4S. The molecule has 2 amide bonds. The predicted octanol–water partition coefficient (Wildman–Crippen LogP) is 3.75. The average molecular weight is 494 g/mol. The molecule has 0 aliphatic rings. The minimum Gasteiger partial charge on any atom is -0.352 e. The highest BCUT2D eigenvalue weighted by Gasteiger charge is 2.32. The summed E-state index contributed by atoms with van der Waals surface area (Å²) in [6.45, 7) is 7.22. The van der Waals surface area contributed by atoms with E-state index >= 15 is 0 Å². The van der Waals surface area contributed by atoms with Crippen LogP contribution in [0.25, 0.3) is 0 Å². The molecule has 9 heteroatoms. The van der Waals surface area contributed by atoms with Crippen molar-refractivity contribution in [2.75, 3.05) is 17.1 Å². The molecule has 0 fully saturated rings. The molecule has 1 atom stereocenters. The number of amides is 2. The van der Waals surface area contributed by atoms with Crippen LogP contribution in [0, 0.1) is 6.92 Å². The van der Waals surface area contributed by atoms with Crippen LogP contribution in [0.3, 0.4) is 0 Å². The smallest absolute Gasteiger partial charge is 0.244 e. The van der Waals surface area contributed by atoms with E-state index in [0.29, 0.717) is 17.1 Å². The molecule has 2 aromatic carbocycles. The molecule has 0 saturated carbocycles. The van der Waals surface area contributed by atoms with Crippen molar-refractivity contribution in [2.24, 2.45) is 0 Å². The van der Waals surface area contributed by atoms with E-state index in [-0.39, 0.29) is 18.5 Å². The first kappa shape index (κ1) is 26.7. The van der Waals surface area contributed by atoms with E-state index in [4.69, 9.17) is 11.6 Å². The summed E-state index contributed by atoms with van der Waals surface area (Å²) in [5, 5.41) is 3.33. The Morgan fingerprint density at radius 3 is 2.18 bits per heavy atom. The van der Waals surface area contributed by atoms with Crippen molar-refractivity contribution < 1.29 is 18.0 Å². The molecule has 33 heavy (non-hydrogen) atoms. The molecule has 0 radical (unpaired) electrons. The molecular weight excluding hydrogens is 462 g/mol. The van der Waals surface area contributed by atoms with E-state index in [1.54, 1.807) is 24.3 Å². The second-order valence-electron chi connectivity index (χ2n) is 8.28. The van der Waals surface area contributed by atoms with Gasteiger partial charge in [0.1, 0.15) is 12.6 Å². The number of hydrogen-bond donors (Lipinski definition) is 1. The van der Waals surface area contributed by atoms with Crippen LogP contribution in [-0.4, -0.2) is 50.0 Å². The summed E-state index contributed by atoms with van der Waals surface area (Å²) in [4.78, 5) is 28.0. The number of rotatable bonds is 10. The van der Waals surface area contributed by atoms with Crippen LogP contribution < -0.4 is 9.62 Å². The summed E-state index contributed by atoms with van der Waals surface area (Å²) in [6.07, 6.45) is 1.43. The highest BCUT2D eigenvalue weighted by molar-refractivity contribution is 7.92. The van der Waals surface area contributed by atoms with Crippen LogP contribution in [0.2, 0.25) is 5.02 Å². The SMILES string of the molecule is CC[C@@H](C(=O)NC(C)C)N(Cc1ccccc1C)C(=O)CN(c1ccc(Cl)cc1)S(C)(=O)=O. The zero-order chi connectivity index (χ0) is 24.8. The summed E-state index contributed by atoms with van der Waals surface area (Å²) in [5.41, 5.74) is 2.19. The first-order valence-corrected chi connectivity index (χ1v) is 13.0. The number of carbonyl (C=O) groups excluding carboxylic acids is 2. The molecule has 0 unspecified atom stereocenters. The van der Waals surface area contributed by atoms with E-state index in [2.05, 4.69) is 5.32 Å². The predicted molar refractivity (Wildman–Crippen MR) is 133 cm³/mol. The van der Waals surface area contributed by atoms with E-state index in [9.17, 15) is 18.0 Å². The van der Waals surface area contributed by atoms with Crippen LogP contribution >= 0.6 is 11.6 Å². The van der Waals surface area contributed by atoms with Crippen molar-refractivity contribution in [1.29, 1.82) is 0 Å². The minimum atomic E-state index is -3.77. The third-order valence-electron chi connectivity index (χ3n) is 5.21. The summed E-state index contributed by atoms with van der Waals surface area (Å²) in [7, 11) is -3.77. The molecule has 0 saturated heterocycles. The van der Waals surface area contributed by atoms with Crippen molar-refractivity contribution >= 4 is 39.1 Å². The Hall–Kier alpha value is -2.58. The fraction of sp³-hybridized carbons (Fsp3) is 0.417. The molecule has 1 N–H and O–H groups in total. The highest BCUT2D eigenvalue weighted by atomic mass is 35.5. The molecule has 0 aliphatic heterocycles. The summed E-state index contributed by atoms with van der Waals surface area (Å²) in [5.74, 6) is -0.740. The van der Waals surface area contributed by atoms with Crippen LogP contribution in [0.5, 0.6) is 0 Å². The normalized spacial score (nSPS) is 12.3. The van der Waals surface area contributed by atoms with Crippen LogP contribution in [-0.2, 0) is 26.2 Å². The summed E-state index contributed by atoms with van der Waals surface area (Å²) < 4.78 is 26.1. The molecule has 180 valence electrons. The van der Waals surface area contributed by atoms with E-state index < -0.39 is 28.5 Å².